The smallest absolute Gasteiger partial charge is 0.166 e. The van der Waals surface area contributed by atoms with Crippen LogP contribution in [-0.4, -0.2) is 12.9 Å². The van der Waals surface area contributed by atoms with Gasteiger partial charge < -0.3 is 4.74 Å². The second-order valence-corrected chi connectivity index (χ2v) is 4.88. The van der Waals surface area contributed by atoms with E-state index >= 15 is 0 Å². The Labute approximate surface area is 103 Å². The number of carbonyl (C=O) groups is 1. The van der Waals surface area contributed by atoms with Gasteiger partial charge in [-0.2, -0.15) is 0 Å². The van der Waals surface area contributed by atoms with Gasteiger partial charge >= 0.3 is 0 Å². The number of ketones is 1. The zero-order valence-corrected chi connectivity index (χ0v) is 10.6. The quantitative estimate of drug-likeness (QED) is 0.740. The zero-order chi connectivity index (χ0) is 12.3. The number of rotatable bonds is 4. The molecule has 0 spiro atoms. The Bertz CT molecular complexity index is 398. The molecule has 1 aliphatic carbocycles. The SMILES string of the molecule is CCC1CCC(C(=O)c2cccc(OC)c2)C1. The molecular weight excluding hydrogens is 212 g/mol. The van der Waals surface area contributed by atoms with Crippen LogP contribution in [0, 0.1) is 11.8 Å². The zero-order valence-electron chi connectivity index (χ0n) is 10.6. The molecule has 2 atom stereocenters. The van der Waals surface area contributed by atoms with E-state index in [4.69, 9.17) is 4.74 Å². The Morgan fingerprint density at radius 1 is 1.41 bits per heavy atom. The summed E-state index contributed by atoms with van der Waals surface area (Å²) in [6, 6.07) is 7.50. The maximum Gasteiger partial charge on any atom is 0.166 e. The van der Waals surface area contributed by atoms with Crippen LogP contribution in [0.2, 0.25) is 0 Å². The molecular formula is C15H20O2. The highest BCUT2D eigenvalue weighted by Crippen LogP contribution is 2.35. The Kier molecular flexibility index (Phi) is 3.82. The summed E-state index contributed by atoms with van der Waals surface area (Å²) in [5.74, 6) is 2.03. The van der Waals surface area contributed by atoms with Gasteiger partial charge in [0.1, 0.15) is 5.75 Å². The highest BCUT2D eigenvalue weighted by Gasteiger charge is 2.29. The first-order valence-corrected chi connectivity index (χ1v) is 6.42. The van der Waals surface area contributed by atoms with Gasteiger partial charge in [0.05, 0.1) is 7.11 Å². The van der Waals surface area contributed by atoms with Crippen LogP contribution in [0.25, 0.3) is 0 Å². The lowest BCUT2D eigenvalue weighted by Crippen LogP contribution is -2.11. The summed E-state index contributed by atoms with van der Waals surface area (Å²) in [4.78, 5) is 12.3. The molecule has 17 heavy (non-hydrogen) atoms. The van der Waals surface area contributed by atoms with Crippen molar-refractivity contribution in [3.05, 3.63) is 29.8 Å². The van der Waals surface area contributed by atoms with Crippen molar-refractivity contribution < 1.29 is 9.53 Å². The van der Waals surface area contributed by atoms with Gasteiger partial charge in [-0.15, -0.1) is 0 Å². The predicted octanol–water partition coefficient (Wildman–Crippen LogP) is 3.70. The summed E-state index contributed by atoms with van der Waals surface area (Å²) >= 11 is 0. The van der Waals surface area contributed by atoms with Gasteiger partial charge in [-0.3, -0.25) is 4.79 Å². The van der Waals surface area contributed by atoms with Crippen LogP contribution in [0.3, 0.4) is 0 Å². The molecule has 1 aromatic carbocycles. The largest absolute Gasteiger partial charge is 0.497 e. The maximum atomic E-state index is 12.3. The summed E-state index contributed by atoms with van der Waals surface area (Å²) in [6.45, 7) is 2.21. The van der Waals surface area contributed by atoms with Crippen molar-refractivity contribution >= 4 is 5.78 Å². The molecule has 1 saturated carbocycles. The standard InChI is InChI=1S/C15H20O2/c1-3-11-7-8-13(9-11)15(16)12-5-4-6-14(10-12)17-2/h4-6,10-11,13H,3,7-9H2,1-2H3. The number of Topliss-reactive ketones (excluding diaryl/α,β-unsaturated/α-hetero) is 1. The summed E-state index contributed by atoms with van der Waals surface area (Å²) < 4.78 is 5.16. The van der Waals surface area contributed by atoms with Gasteiger partial charge in [0.15, 0.2) is 5.78 Å². The van der Waals surface area contributed by atoms with E-state index in [1.807, 2.05) is 24.3 Å². The molecule has 0 saturated heterocycles. The van der Waals surface area contributed by atoms with Crippen molar-refractivity contribution in [3.8, 4) is 5.75 Å². The van der Waals surface area contributed by atoms with Gasteiger partial charge in [0, 0.05) is 11.5 Å². The minimum Gasteiger partial charge on any atom is -0.497 e. The van der Waals surface area contributed by atoms with Gasteiger partial charge in [0.25, 0.3) is 0 Å². The van der Waals surface area contributed by atoms with E-state index in [2.05, 4.69) is 6.92 Å². The third-order valence-electron chi connectivity index (χ3n) is 3.84. The highest BCUT2D eigenvalue weighted by molar-refractivity contribution is 5.98. The third-order valence-corrected chi connectivity index (χ3v) is 3.84. The summed E-state index contributed by atoms with van der Waals surface area (Å²) in [5, 5.41) is 0. The molecule has 0 amide bonds. The topological polar surface area (TPSA) is 26.3 Å². The summed E-state index contributed by atoms with van der Waals surface area (Å²) in [5.41, 5.74) is 0.797. The Morgan fingerprint density at radius 3 is 2.88 bits per heavy atom. The number of carbonyl (C=O) groups excluding carboxylic acids is 1. The maximum absolute atomic E-state index is 12.3. The molecule has 92 valence electrons. The molecule has 2 rings (SSSR count). The van der Waals surface area contributed by atoms with Crippen molar-refractivity contribution in [1.82, 2.24) is 0 Å². The normalized spacial score (nSPS) is 23.6. The van der Waals surface area contributed by atoms with E-state index in [0.29, 0.717) is 5.78 Å². The van der Waals surface area contributed by atoms with E-state index in [0.717, 1.165) is 30.1 Å². The van der Waals surface area contributed by atoms with Gasteiger partial charge in [0.2, 0.25) is 0 Å². The molecule has 1 fully saturated rings. The Balaban J connectivity index is 2.09. The first-order chi connectivity index (χ1) is 8.24. The molecule has 0 radical (unpaired) electrons. The third kappa shape index (κ3) is 2.68. The highest BCUT2D eigenvalue weighted by atomic mass is 16.5. The fourth-order valence-corrected chi connectivity index (χ4v) is 2.70. The first kappa shape index (κ1) is 12.2. The van der Waals surface area contributed by atoms with Crippen LogP contribution in [0.5, 0.6) is 5.75 Å². The monoisotopic (exact) mass is 232 g/mol. The average molecular weight is 232 g/mol. The second kappa shape index (κ2) is 5.35. The molecule has 2 unspecified atom stereocenters. The number of hydrogen-bond donors (Lipinski definition) is 0. The van der Waals surface area contributed by atoms with E-state index in [1.165, 1.54) is 12.8 Å². The van der Waals surface area contributed by atoms with Crippen LogP contribution in [-0.2, 0) is 0 Å². The van der Waals surface area contributed by atoms with Crippen LogP contribution < -0.4 is 4.74 Å². The molecule has 1 aromatic rings. The van der Waals surface area contributed by atoms with Crippen LogP contribution in [0.1, 0.15) is 43.0 Å². The van der Waals surface area contributed by atoms with E-state index in [-0.39, 0.29) is 5.92 Å². The molecule has 0 aromatic heterocycles. The number of benzene rings is 1. The van der Waals surface area contributed by atoms with Crippen LogP contribution in [0.15, 0.2) is 24.3 Å². The Morgan fingerprint density at radius 2 is 2.24 bits per heavy atom. The lowest BCUT2D eigenvalue weighted by Gasteiger charge is -2.10. The fourth-order valence-electron chi connectivity index (χ4n) is 2.70. The molecule has 0 bridgehead atoms. The average Bonchev–Trinajstić information content (AvgIpc) is 2.86. The molecule has 1 aliphatic rings. The molecule has 2 nitrogen and oxygen atoms in total. The molecule has 0 heterocycles. The fraction of sp³-hybridized carbons (Fsp3) is 0.533. The summed E-state index contributed by atoms with van der Waals surface area (Å²) in [6.07, 6.45) is 4.51. The van der Waals surface area contributed by atoms with Gasteiger partial charge in [-0.1, -0.05) is 25.5 Å². The van der Waals surface area contributed by atoms with E-state index < -0.39 is 0 Å². The number of methoxy groups -OCH3 is 1. The summed E-state index contributed by atoms with van der Waals surface area (Å²) in [7, 11) is 1.63. The second-order valence-electron chi connectivity index (χ2n) is 4.88. The van der Waals surface area contributed by atoms with E-state index in [1.54, 1.807) is 7.11 Å². The van der Waals surface area contributed by atoms with Crippen molar-refractivity contribution in [3.63, 3.8) is 0 Å². The Hall–Kier alpha value is -1.31. The minimum absolute atomic E-state index is 0.229. The van der Waals surface area contributed by atoms with Crippen molar-refractivity contribution in [1.29, 1.82) is 0 Å². The lowest BCUT2D eigenvalue weighted by atomic mass is 9.94. The molecule has 0 N–H and O–H groups in total. The number of hydrogen-bond acceptors (Lipinski definition) is 2. The number of ether oxygens (including phenoxy) is 1. The van der Waals surface area contributed by atoms with Crippen molar-refractivity contribution in [2.45, 2.75) is 32.6 Å². The predicted molar refractivity (Wildman–Crippen MR) is 68.4 cm³/mol. The van der Waals surface area contributed by atoms with Crippen LogP contribution >= 0.6 is 0 Å². The van der Waals surface area contributed by atoms with Crippen LogP contribution in [0.4, 0.5) is 0 Å². The van der Waals surface area contributed by atoms with Gasteiger partial charge in [-0.05, 0) is 37.3 Å². The van der Waals surface area contributed by atoms with Crippen molar-refractivity contribution in [2.75, 3.05) is 7.11 Å². The minimum atomic E-state index is 0.229. The molecule has 0 aliphatic heterocycles. The lowest BCUT2D eigenvalue weighted by molar-refractivity contribution is 0.0919. The van der Waals surface area contributed by atoms with E-state index in [9.17, 15) is 4.79 Å². The first-order valence-electron chi connectivity index (χ1n) is 6.42. The molecule has 2 heteroatoms. The van der Waals surface area contributed by atoms with Crippen molar-refractivity contribution in [2.24, 2.45) is 11.8 Å². The van der Waals surface area contributed by atoms with Gasteiger partial charge in [-0.25, -0.2) is 0 Å².